The summed E-state index contributed by atoms with van der Waals surface area (Å²) in [6, 6.07) is 55.9. The summed E-state index contributed by atoms with van der Waals surface area (Å²) in [5, 5.41) is 5.17. The monoisotopic (exact) mass is 750 g/mol. The zero-order valence-electron chi connectivity index (χ0n) is 35.9. The number of benzene rings is 8. The molecule has 8 aromatic rings. The highest BCUT2D eigenvalue weighted by Crippen LogP contribution is 2.56. The summed E-state index contributed by atoms with van der Waals surface area (Å²) in [5.41, 5.74) is 21.5. The summed E-state index contributed by atoms with van der Waals surface area (Å²) < 4.78 is 0. The molecule has 58 heavy (non-hydrogen) atoms. The molecular weight excluding hydrogens is 697 g/mol. The van der Waals surface area contributed by atoms with E-state index in [4.69, 9.17) is 0 Å². The second kappa shape index (κ2) is 12.4. The van der Waals surface area contributed by atoms with Crippen LogP contribution in [0, 0.1) is 0 Å². The predicted octanol–water partition coefficient (Wildman–Crippen LogP) is 16.2. The molecule has 0 saturated heterocycles. The lowest BCUT2D eigenvalue weighted by molar-refractivity contribution is 0.580. The molecule has 0 nitrogen and oxygen atoms in total. The Hall–Kier alpha value is -5.72. The lowest BCUT2D eigenvalue weighted by atomic mass is 9.76. The molecule has 0 aromatic heterocycles. The van der Waals surface area contributed by atoms with E-state index < -0.39 is 0 Å². The minimum atomic E-state index is -0.160. The van der Waals surface area contributed by atoms with E-state index in [0.717, 1.165) is 0 Å². The molecule has 10 rings (SSSR count). The van der Waals surface area contributed by atoms with Crippen LogP contribution < -0.4 is 0 Å². The fraction of sp³-hybridized carbons (Fsp3) is 0.241. The van der Waals surface area contributed by atoms with Gasteiger partial charge >= 0.3 is 0 Å². The molecule has 0 radical (unpaired) electrons. The van der Waals surface area contributed by atoms with Crippen molar-refractivity contribution in [2.75, 3.05) is 0 Å². The van der Waals surface area contributed by atoms with Gasteiger partial charge < -0.3 is 0 Å². The topological polar surface area (TPSA) is 0 Å². The van der Waals surface area contributed by atoms with Gasteiger partial charge in [-0.3, -0.25) is 0 Å². The summed E-state index contributed by atoms with van der Waals surface area (Å²) in [5.74, 6) is 0. The van der Waals surface area contributed by atoms with Crippen LogP contribution in [-0.2, 0) is 21.7 Å². The van der Waals surface area contributed by atoms with Crippen molar-refractivity contribution in [2.24, 2.45) is 0 Å². The van der Waals surface area contributed by atoms with Crippen LogP contribution in [0.15, 0.2) is 146 Å². The third-order valence-corrected chi connectivity index (χ3v) is 13.8. The maximum Gasteiger partial charge on any atom is 0.0159 e. The Morgan fingerprint density at radius 2 is 0.845 bits per heavy atom. The minimum Gasteiger partial charge on any atom is -0.0616 e. The molecule has 0 unspecified atom stereocenters. The van der Waals surface area contributed by atoms with Crippen molar-refractivity contribution in [3.63, 3.8) is 0 Å². The van der Waals surface area contributed by atoms with Gasteiger partial charge in [-0.25, -0.2) is 0 Å². The van der Waals surface area contributed by atoms with E-state index in [0.29, 0.717) is 0 Å². The van der Waals surface area contributed by atoms with E-state index in [9.17, 15) is 0 Å². The zero-order chi connectivity index (χ0) is 40.5. The number of fused-ring (bicyclic) bond motifs is 9. The van der Waals surface area contributed by atoms with Gasteiger partial charge in [0.25, 0.3) is 0 Å². The highest BCUT2D eigenvalue weighted by molar-refractivity contribution is 6.14. The predicted molar refractivity (Wildman–Crippen MR) is 250 cm³/mol. The molecule has 0 amide bonds. The van der Waals surface area contributed by atoms with Gasteiger partial charge in [0.2, 0.25) is 0 Å². The molecule has 0 spiro atoms. The van der Waals surface area contributed by atoms with Crippen LogP contribution in [0.2, 0.25) is 0 Å². The smallest absolute Gasteiger partial charge is 0.0159 e. The SMILES string of the molecule is CC(C)(C)c1ccc2c(c1)C(C)(C)c1cc(C(C)(C)C)cc(-c3ccc4c(c3)C(C)(C)c3cc(-c5cccc(-c6cc7ccccc7c7ccccc67)c5)ccc3-4)c1-2. The Bertz CT molecular complexity index is 3000. The molecule has 2 aliphatic rings. The number of rotatable bonds is 3. The highest BCUT2D eigenvalue weighted by atomic mass is 14.4. The molecule has 0 N–H and O–H groups in total. The van der Waals surface area contributed by atoms with E-state index in [-0.39, 0.29) is 21.7 Å². The van der Waals surface area contributed by atoms with E-state index >= 15 is 0 Å². The van der Waals surface area contributed by atoms with Crippen LogP contribution in [0.1, 0.15) is 103 Å². The van der Waals surface area contributed by atoms with Crippen molar-refractivity contribution in [3.05, 3.63) is 179 Å². The Balaban J connectivity index is 1.08. The summed E-state index contributed by atoms with van der Waals surface area (Å²) in [4.78, 5) is 0. The second-order valence-electron chi connectivity index (χ2n) is 20.2. The highest BCUT2D eigenvalue weighted by Gasteiger charge is 2.40. The molecule has 0 heterocycles. The number of hydrogen-bond donors (Lipinski definition) is 0. The molecule has 8 aromatic carbocycles. The molecular formula is C58H54. The average molecular weight is 751 g/mol. The molecule has 0 saturated carbocycles. The molecule has 0 aliphatic heterocycles. The second-order valence-corrected chi connectivity index (χ2v) is 20.2. The van der Waals surface area contributed by atoms with E-state index in [1.807, 2.05) is 0 Å². The third-order valence-electron chi connectivity index (χ3n) is 13.8. The van der Waals surface area contributed by atoms with Gasteiger partial charge in [0.15, 0.2) is 0 Å². The minimum absolute atomic E-state index is 0.0204. The van der Waals surface area contributed by atoms with Crippen molar-refractivity contribution >= 4 is 21.5 Å². The van der Waals surface area contributed by atoms with E-state index in [2.05, 4.69) is 215 Å². The third kappa shape index (κ3) is 5.48. The largest absolute Gasteiger partial charge is 0.0616 e. The van der Waals surface area contributed by atoms with E-state index in [1.54, 1.807) is 0 Å². The van der Waals surface area contributed by atoms with Gasteiger partial charge in [0, 0.05) is 10.8 Å². The lowest BCUT2D eigenvalue weighted by Crippen LogP contribution is -2.19. The summed E-state index contributed by atoms with van der Waals surface area (Å²) in [6.45, 7) is 23.7. The molecule has 0 atom stereocenters. The van der Waals surface area contributed by atoms with Gasteiger partial charge in [-0.05, 0) is 152 Å². The molecule has 0 heteroatoms. The van der Waals surface area contributed by atoms with Gasteiger partial charge in [-0.15, -0.1) is 0 Å². The Morgan fingerprint density at radius 1 is 0.328 bits per heavy atom. The van der Waals surface area contributed by atoms with Gasteiger partial charge in [-0.1, -0.05) is 184 Å². The van der Waals surface area contributed by atoms with Crippen LogP contribution in [-0.4, -0.2) is 0 Å². The maximum atomic E-state index is 2.52. The summed E-state index contributed by atoms with van der Waals surface area (Å²) in [6.07, 6.45) is 0. The normalized spacial score (nSPS) is 15.0. The first-order valence-corrected chi connectivity index (χ1v) is 21.2. The summed E-state index contributed by atoms with van der Waals surface area (Å²) >= 11 is 0. The Morgan fingerprint density at radius 3 is 1.55 bits per heavy atom. The van der Waals surface area contributed by atoms with Gasteiger partial charge in [0.05, 0.1) is 0 Å². The van der Waals surface area contributed by atoms with Gasteiger partial charge in [0.1, 0.15) is 0 Å². The van der Waals surface area contributed by atoms with E-state index in [1.165, 1.54) is 111 Å². The summed E-state index contributed by atoms with van der Waals surface area (Å²) in [7, 11) is 0. The fourth-order valence-corrected chi connectivity index (χ4v) is 10.2. The number of hydrogen-bond acceptors (Lipinski definition) is 0. The first kappa shape index (κ1) is 36.6. The fourth-order valence-electron chi connectivity index (χ4n) is 10.2. The van der Waals surface area contributed by atoms with Crippen LogP contribution in [0.4, 0.5) is 0 Å². The van der Waals surface area contributed by atoms with Crippen molar-refractivity contribution in [2.45, 2.75) is 90.9 Å². The van der Waals surface area contributed by atoms with Crippen LogP contribution in [0.3, 0.4) is 0 Å². The van der Waals surface area contributed by atoms with Crippen molar-refractivity contribution in [1.82, 2.24) is 0 Å². The zero-order valence-corrected chi connectivity index (χ0v) is 35.9. The lowest BCUT2D eigenvalue weighted by Gasteiger charge is -2.28. The van der Waals surface area contributed by atoms with Crippen LogP contribution >= 0.6 is 0 Å². The van der Waals surface area contributed by atoms with Crippen molar-refractivity contribution < 1.29 is 0 Å². The van der Waals surface area contributed by atoms with Crippen molar-refractivity contribution in [3.8, 4) is 55.6 Å². The molecule has 2 aliphatic carbocycles. The maximum absolute atomic E-state index is 2.52. The van der Waals surface area contributed by atoms with Crippen LogP contribution in [0.25, 0.3) is 77.2 Å². The molecule has 0 fully saturated rings. The Labute approximate surface area is 345 Å². The average Bonchev–Trinajstić information content (AvgIpc) is 3.58. The molecule has 0 bridgehead atoms. The van der Waals surface area contributed by atoms with Crippen molar-refractivity contribution in [1.29, 1.82) is 0 Å². The van der Waals surface area contributed by atoms with Gasteiger partial charge in [-0.2, -0.15) is 0 Å². The van der Waals surface area contributed by atoms with Crippen LogP contribution in [0.5, 0.6) is 0 Å². The quantitative estimate of drug-likeness (QED) is 0.158. The first-order valence-electron chi connectivity index (χ1n) is 21.2. The first-order chi connectivity index (χ1) is 27.5. The molecule has 286 valence electrons. The standard InChI is InChI=1S/C58H54/c1-55(2,3)40-24-27-47-52(33-40)58(9,10)53-34-41(56(4,5)6)32-49(54(47)53)39-23-26-46-45-25-22-36(30-50(45)57(7,8)51(46)31-39)35-17-15-18-37(28-35)48-29-38-16-11-12-19-42(38)43-20-13-14-21-44(43)48/h11-34H,1-10H3. The Kier molecular flexibility index (Phi) is 7.82.